The smallest absolute Gasteiger partial charge is 0.303 e. The van der Waals surface area contributed by atoms with Gasteiger partial charge in [0.25, 0.3) is 0 Å². The maximum Gasteiger partial charge on any atom is 0.303 e. The molecule has 0 saturated carbocycles. The molecule has 1 N–H and O–H groups in total. The maximum atomic E-state index is 11.7. The third-order valence-corrected chi connectivity index (χ3v) is 2.85. The fourth-order valence-electron chi connectivity index (χ4n) is 1.78. The lowest BCUT2D eigenvalue weighted by Gasteiger charge is -2.32. The van der Waals surface area contributed by atoms with Crippen LogP contribution in [0.1, 0.15) is 27.7 Å². The number of aliphatic hydroxyl groups is 1. The van der Waals surface area contributed by atoms with Crippen molar-refractivity contribution >= 4 is 41.6 Å². The molecular weight excluding hydrogens is 360 g/mol. The minimum atomic E-state index is -1.76. The Bertz CT molecular complexity index is 532. The van der Waals surface area contributed by atoms with E-state index in [9.17, 15) is 29.1 Å². The summed E-state index contributed by atoms with van der Waals surface area (Å²) in [6.07, 6.45) is -6.81. The highest BCUT2D eigenvalue weighted by molar-refractivity contribution is 7.96. The summed E-state index contributed by atoms with van der Waals surface area (Å²) in [6.45, 7) is 3.43. The highest BCUT2D eigenvalue weighted by Crippen LogP contribution is 2.19. The fraction of sp³-hybridized carbons (Fsp3) is 0.643. The van der Waals surface area contributed by atoms with Crippen LogP contribution in [0.5, 0.6) is 0 Å². The molecule has 0 aliphatic heterocycles. The first kappa shape index (κ1) is 22.9. The van der Waals surface area contributed by atoms with Gasteiger partial charge in [0.1, 0.15) is 12.7 Å². The minimum absolute atomic E-state index is 0.626. The van der Waals surface area contributed by atoms with Gasteiger partial charge in [-0.15, -0.1) is 12.6 Å². The number of hydrogen-bond donors (Lipinski definition) is 2. The van der Waals surface area contributed by atoms with E-state index in [0.717, 1.165) is 27.7 Å². The average Bonchev–Trinajstić information content (AvgIpc) is 2.45. The molecule has 0 amide bonds. The lowest BCUT2D eigenvalue weighted by atomic mass is 10.0. The Labute approximate surface area is 149 Å². The summed E-state index contributed by atoms with van der Waals surface area (Å²) < 4.78 is 19.2. The van der Waals surface area contributed by atoms with Crippen LogP contribution in [-0.2, 0) is 42.9 Å². The van der Waals surface area contributed by atoms with Crippen molar-refractivity contribution < 1.29 is 48.0 Å². The summed E-state index contributed by atoms with van der Waals surface area (Å²) in [4.78, 5) is 56.4. The second-order valence-electron chi connectivity index (χ2n) is 4.89. The Kier molecular flexibility index (Phi) is 9.76. The molecule has 4 atom stereocenters. The van der Waals surface area contributed by atoms with Crippen LogP contribution in [0.3, 0.4) is 0 Å². The Morgan fingerprint density at radius 3 is 1.60 bits per heavy atom. The van der Waals surface area contributed by atoms with E-state index in [2.05, 4.69) is 17.4 Å². The summed E-state index contributed by atoms with van der Waals surface area (Å²) in [5.74, 6) is -3.43. The Hall–Kier alpha value is -2.14. The van der Waals surface area contributed by atoms with E-state index in [1.807, 2.05) is 0 Å². The van der Waals surface area contributed by atoms with E-state index in [1.165, 1.54) is 0 Å². The molecule has 0 rings (SSSR count). The molecule has 0 radical (unpaired) electrons. The van der Waals surface area contributed by atoms with E-state index in [1.54, 1.807) is 0 Å². The van der Waals surface area contributed by atoms with E-state index in [-0.39, 0.29) is 0 Å². The molecule has 0 fully saturated rings. The summed E-state index contributed by atoms with van der Waals surface area (Å²) in [5, 5.41) is 9.12. The number of ether oxygens (including phenoxy) is 4. The van der Waals surface area contributed by atoms with Gasteiger partial charge >= 0.3 is 23.9 Å². The molecule has 11 heteroatoms. The number of hydrogen-bond acceptors (Lipinski definition) is 10. The topological polar surface area (TPSA) is 143 Å². The highest BCUT2D eigenvalue weighted by Gasteiger charge is 2.44. The number of rotatable bonds is 9. The predicted octanol–water partition coefficient (Wildman–Crippen LogP) is -0.838. The molecule has 0 unspecified atom stereocenters. The molecule has 25 heavy (non-hydrogen) atoms. The largest absolute Gasteiger partial charge is 0.463 e. The van der Waals surface area contributed by atoms with Crippen molar-refractivity contribution in [3.05, 3.63) is 0 Å². The van der Waals surface area contributed by atoms with Gasteiger partial charge in [0.15, 0.2) is 12.2 Å². The van der Waals surface area contributed by atoms with Crippen LogP contribution < -0.4 is 0 Å². The number of thiol groups is 1. The first-order valence-corrected chi connectivity index (χ1v) is 7.46. The number of carbonyl (C=O) groups excluding carboxylic acids is 5. The second-order valence-corrected chi connectivity index (χ2v) is 5.33. The van der Waals surface area contributed by atoms with Crippen molar-refractivity contribution in [1.29, 1.82) is 0 Å². The van der Waals surface area contributed by atoms with E-state index >= 15 is 0 Å². The van der Waals surface area contributed by atoms with Crippen LogP contribution in [0.25, 0.3) is 0 Å². The van der Waals surface area contributed by atoms with Gasteiger partial charge in [-0.25, -0.2) is 0 Å². The van der Waals surface area contributed by atoms with Gasteiger partial charge in [0.2, 0.25) is 11.2 Å². The van der Waals surface area contributed by atoms with Crippen LogP contribution in [-0.4, -0.2) is 65.1 Å². The molecule has 0 aliphatic carbocycles. The van der Waals surface area contributed by atoms with Crippen molar-refractivity contribution in [2.45, 2.75) is 52.1 Å². The fourth-order valence-corrected chi connectivity index (χ4v) is 1.98. The molecule has 10 nitrogen and oxygen atoms in total. The van der Waals surface area contributed by atoms with Gasteiger partial charge in [-0.05, 0) is 0 Å². The molecule has 0 bridgehead atoms. The molecule has 0 aromatic rings. The lowest BCUT2D eigenvalue weighted by molar-refractivity contribution is -0.195. The van der Waals surface area contributed by atoms with Crippen molar-refractivity contribution in [3.63, 3.8) is 0 Å². The SMILES string of the molecule is CC(=O)OC[C@@H](O)[C@@H](OC(C)=O)[C@H](OC(C)=O)[C@@H](OC(C)=O)C(=O)S. The first-order valence-electron chi connectivity index (χ1n) is 7.01. The lowest BCUT2D eigenvalue weighted by Crippen LogP contribution is -2.53. The van der Waals surface area contributed by atoms with E-state index in [4.69, 9.17) is 14.2 Å². The quantitative estimate of drug-likeness (QED) is 0.295. The maximum absolute atomic E-state index is 11.7. The van der Waals surface area contributed by atoms with Crippen LogP contribution in [0.2, 0.25) is 0 Å². The Balaban J connectivity index is 5.74. The molecule has 0 spiro atoms. The zero-order valence-electron chi connectivity index (χ0n) is 14.1. The van der Waals surface area contributed by atoms with Gasteiger partial charge in [-0.2, -0.15) is 0 Å². The summed E-state index contributed by atoms with van der Waals surface area (Å²) in [7, 11) is 0. The summed E-state index contributed by atoms with van der Waals surface area (Å²) >= 11 is 3.55. The molecule has 0 aliphatic rings. The van der Waals surface area contributed by atoms with Crippen molar-refractivity contribution in [3.8, 4) is 0 Å². The normalized spacial score (nSPS) is 15.1. The standard InChI is InChI=1S/C14H20O10S/c1-6(15)21-5-10(19)11(22-7(2)16)12(23-8(3)17)13(14(20)25)24-9(4)18/h10-13,19H,5H2,1-4H3,(H,20,25)/t10-,11-,12+,13-/m1/s1. The Morgan fingerprint density at radius 2 is 1.24 bits per heavy atom. The van der Waals surface area contributed by atoms with Crippen molar-refractivity contribution in [2.75, 3.05) is 6.61 Å². The zero-order chi connectivity index (χ0) is 19.7. The third kappa shape index (κ3) is 9.05. The third-order valence-electron chi connectivity index (χ3n) is 2.60. The van der Waals surface area contributed by atoms with Crippen LogP contribution in [0.4, 0.5) is 0 Å². The van der Waals surface area contributed by atoms with Crippen LogP contribution in [0, 0.1) is 0 Å². The van der Waals surface area contributed by atoms with E-state index < -0.39 is 60.0 Å². The monoisotopic (exact) mass is 380 g/mol. The first-order chi connectivity index (χ1) is 11.5. The molecule has 0 aromatic heterocycles. The van der Waals surface area contributed by atoms with Crippen LogP contribution in [0.15, 0.2) is 0 Å². The van der Waals surface area contributed by atoms with Gasteiger partial charge in [0.05, 0.1) is 0 Å². The Morgan fingerprint density at radius 1 is 0.800 bits per heavy atom. The number of carbonyl (C=O) groups is 5. The van der Waals surface area contributed by atoms with Gasteiger partial charge in [-0.1, -0.05) is 0 Å². The second kappa shape index (κ2) is 10.7. The molecule has 0 aromatic carbocycles. The zero-order valence-corrected chi connectivity index (χ0v) is 15.0. The van der Waals surface area contributed by atoms with Gasteiger partial charge in [0, 0.05) is 27.7 Å². The number of esters is 4. The predicted molar refractivity (Wildman–Crippen MR) is 83.3 cm³/mol. The molecular formula is C14H20O10S. The summed E-state index contributed by atoms with van der Waals surface area (Å²) in [6, 6.07) is 0. The van der Waals surface area contributed by atoms with Crippen molar-refractivity contribution in [2.24, 2.45) is 0 Å². The summed E-state index contributed by atoms with van der Waals surface area (Å²) in [5.41, 5.74) is 0. The van der Waals surface area contributed by atoms with E-state index in [0.29, 0.717) is 0 Å². The average molecular weight is 380 g/mol. The molecule has 0 saturated heterocycles. The minimum Gasteiger partial charge on any atom is -0.463 e. The molecule has 142 valence electrons. The van der Waals surface area contributed by atoms with Crippen LogP contribution >= 0.6 is 12.6 Å². The van der Waals surface area contributed by atoms with Gasteiger partial charge in [-0.3, -0.25) is 24.0 Å². The van der Waals surface area contributed by atoms with Gasteiger partial charge < -0.3 is 24.1 Å². The number of aliphatic hydroxyl groups excluding tert-OH is 1. The van der Waals surface area contributed by atoms with Crippen molar-refractivity contribution in [1.82, 2.24) is 0 Å². The highest BCUT2D eigenvalue weighted by atomic mass is 32.1. The molecule has 0 heterocycles.